The standard InChI is InChI=1S/C12H2Cl3F7/c13-12(14,15)1-2-5(16)3-4(7(18)6(2)17)9(20)11(22)10(21)8(3)19/h1H2. The Bertz CT molecular complexity index is 783. The van der Waals surface area contributed by atoms with E-state index in [0.29, 0.717) is 0 Å². The molecule has 0 fully saturated rings. The highest BCUT2D eigenvalue weighted by Crippen LogP contribution is 2.38. The molecule has 0 amide bonds. The van der Waals surface area contributed by atoms with Crippen LogP contribution < -0.4 is 0 Å². The minimum Gasteiger partial charge on any atom is -0.206 e. The second kappa shape index (κ2) is 5.62. The highest BCUT2D eigenvalue weighted by atomic mass is 35.6. The van der Waals surface area contributed by atoms with Gasteiger partial charge in [-0.25, -0.2) is 30.7 Å². The fourth-order valence-electron chi connectivity index (χ4n) is 1.89. The van der Waals surface area contributed by atoms with E-state index in [0.717, 1.165) is 0 Å². The summed E-state index contributed by atoms with van der Waals surface area (Å²) in [5, 5.41) is -3.32. The van der Waals surface area contributed by atoms with E-state index in [-0.39, 0.29) is 0 Å². The summed E-state index contributed by atoms with van der Waals surface area (Å²) in [6, 6.07) is 0. The third-order valence-corrected chi connectivity index (χ3v) is 3.21. The Balaban J connectivity index is 3.01. The Morgan fingerprint density at radius 3 is 1.32 bits per heavy atom. The van der Waals surface area contributed by atoms with E-state index in [9.17, 15) is 30.7 Å². The van der Waals surface area contributed by atoms with E-state index in [2.05, 4.69) is 0 Å². The number of halogens is 10. The minimum atomic E-state index is -2.41. The van der Waals surface area contributed by atoms with Gasteiger partial charge in [-0.05, 0) is 0 Å². The van der Waals surface area contributed by atoms with E-state index < -0.39 is 67.3 Å². The van der Waals surface area contributed by atoms with Crippen LogP contribution in [0.2, 0.25) is 0 Å². The lowest BCUT2D eigenvalue weighted by Gasteiger charge is -2.15. The molecule has 0 nitrogen and oxygen atoms in total. The Hall–Kier alpha value is -0.920. The van der Waals surface area contributed by atoms with E-state index in [4.69, 9.17) is 34.8 Å². The molecule has 2 aromatic rings. The topological polar surface area (TPSA) is 0 Å². The molecule has 0 aliphatic heterocycles. The lowest BCUT2D eigenvalue weighted by molar-refractivity contribution is 0.410. The Morgan fingerprint density at radius 1 is 0.545 bits per heavy atom. The SMILES string of the molecule is Fc1c(F)c(F)c2c(F)c(CC(Cl)(Cl)Cl)c(F)c(F)c2c1F. The van der Waals surface area contributed by atoms with E-state index in [1.807, 2.05) is 0 Å². The maximum absolute atomic E-state index is 14.1. The van der Waals surface area contributed by atoms with Gasteiger partial charge in [-0.2, -0.15) is 0 Å². The van der Waals surface area contributed by atoms with Gasteiger partial charge in [0, 0.05) is 12.0 Å². The van der Waals surface area contributed by atoms with Gasteiger partial charge in [0.25, 0.3) is 0 Å². The van der Waals surface area contributed by atoms with Crippen LogP contribution in [0.15, 0.2) is 0 Å². The normalized spacial score (nSPS) is 12.3. The van der Waals surface area contributed by atoms with Crippen LogP contribution in [0.25, 0.3) is 10.8 Å². The molecule has 0 aromatic heterocycles. The van der Waals surface area contributed by atoms with Gasteiger partial charge >= 0.3 is 0 Å². The van der Waals surface area contributed by atoms with Gasteiger partial charge < -0.3 is 0 Å². The zero-order valence-electron chi connectivity index (χ0n) is 9.99. The fourth-order valence-corrected chi connectivity index (χ4v) is 2.29. The van der Waals surface area contributed by atoms with E-state index in [1.54, 1.807) is 0 Å². The van der Waals surface area contributed by atoms with Crippen molar-refractivity contribution in [2.24, 2.45) is 0 Å². The molecule has 0 radical (unpaired) electrons. The van der Waals surface area contributed by atoms with Crippen LogP contribution >= 0.6 is 34.8 Å². The molecule has 0 N–H and O–H groups in total. The Morgan fingerprint density at radius 2 is 0.909 bits per heavy atom. The molecule has 0 heterocycles. The minimum absolute atomic E-state index is 1.05. The predicted octanol–water partition coefficient (Wildman–Crippen LogP) is 5.73. The van der Waals surface area contributed by atoms with Gasteiger partial charge in [0.2, 0.25) is 0 Å². The zero-order valence-corrected chi connectivity index (χ0v) is 12.3. The molecule has 0 aliphatic carbocycles. The quantitative estimate of drug-likeness (QED) is 0.255. The number of benzene rings is 2. The average Bonchev–Trinajstić information content (AvgIpc) is 2.41. The molecular weight excluding hydrogens is 383 g/mol. The first kappa shape index (κ1) is 17.4. The first-order valence-corrected chi connectivity index (χ1v) is 6.48. The molecule has 0 aliphatic rings. The third kappa shape index (κ3) is 2.70. The van der Waals surface area contributed by atoms with Crippen LogP contribution in [0, 0.1) is 40.7 Å². The van der Waals surface area contributed by atoms with Crippen molar-refractivity contribution in [1.82, 2.24) is 0 Å². The molecule has 10 heteroatoms. The summed E-state index contributed by atoms with van der Waals surface area (Å²) in [5.41, 5.74) is -1.24. The van der Waals surface area contributed by atoms with Crippen molar-refractivity contribution < 1.29 is 30.7 Å². The summed E-state index contributed by atoms with van der Waals surface area (Å²) in [5.74, 6) is -15.3. The molecule has 0 atom stereocenters. The lowest BCUT2D eigenvalue weighted by Crippen LogP contribution is -2.14. The number of fused-ring (bicyclic) bond motifs is 1. The van der Waals surface area contributed by atoms with Crippen molar-refractivity contribution in [3.8, 4) is 0 Å². The molecular formula is C12H2Cl3F7. The van der Waals surface area contributed by atoms with Crippen LogP contribution in [0.1, 0.15) is 5.56 Å². The fraction of sp³-hybridized carbons (Fsp3) is 0.167. The largest absolute Gasteiger partial charge is 0.206 e. The van der Waals surface area contributed by atoms with Crippen LogP contribution in [0.4, 0.5) is 30.7 Å². The van der Waals surface area contributed by atoms with Crippen LogP contribution in [0.5, 0.6) is 0 Å². The predicted molar refractivity (Wildman–Crippen MR) is 67.6 cm³/mol. The molecule has 2 rings (SSSR count). The molecule has 22 heavy (non-hydrogen) atoms. The number of rotatable bonds is 1. The summed E-state index contributed by atoms with van der Waals surface area (Å²) in [6.07, 6.45) is -1.05. The third-order valence-electron chi connectivity index (χ3n) is 2.81. The molecule has 0 saturated heterocycles. The van der Waals surface area contributed by atoms with Crippen LogP contribution in [-0.4, -0.2) is 3.79 Å². The first-order chi connectivity index (χ1) is 9.97. The second-order valence-corrected chi connectivity index (χ2v) is 6.73. The Labute approximate surface area is 133 Å². The highest BCUT2D eigenvalue weighted by Gasteiger charge is 2.33. The smallest absolute Gasteiger partial charge is 0.198 e. The van der Waals surface area contributed by atoms with Gasteiger partial charge in [-0.3, -0.25) is 0 Å². The molecule has 0 saturated carbocycles. The van der Waals surface area contributed by atoms with E-state index >= 15 is 0 Å². The number of hydrogen-bond acceptors (Lipinski definition) is 0. The molecule has 0 bridgehead atoms. The first-order valence-electron chi connectivity index (χ1n) is 5.35. The van der Waals surface area contributed by atoms with Gasteiger partial charge in [0.15, 0.2) is 38.7 Å². The summed E-state index contributed by atoms with van der Waals surface area (Å²) < 4.78 is 92.7. The maximum atomic E-state index is 14.1. The van der Waals surface area contributed by atoms with Crippen molar-refractivity contribution in [1.29, 1.82) is 0 Å². The maximum Gasteiger partial charge on any atom is 0.198 e. The summed E-state index contributed by atoms with van der Waals surface area (Å²) in [6.45, 7) is 0. The van der Waals surface area contributed by atoms with Crippen molar-refractivity contribution in [3.05, 3.63) is 46.3 Å². The van der Waals surface area contributed by atoms with Crippen molar-refractivity contribution in [2.45, 2.75) is 10.2 Å². The Kier molecular flexibility index (Phi) is 4.45. The second-order valence-electron chi connectivity index (χ2n) is 4.22. The zero-order chi connectivity index (χ0) is 17.0. The van der Waals surface area contributed by atoms with Gasteiger partial charge in [-0.1, -0.05) is 34.8 Å². The lowest BCUT2D eigenvalue weighted by atomic mass is 10.0. The van der Waals surface area contributed by atoms with Crippen molar-refractivity contribution >= 4 is 45.6 Å². The summed E-state index contributed by atoms with van der Waals surface area (Å²) >= 11 is 15.9. The highest BCUT2D eigenvalue weighted by molar-refractivity contribution is 6.67. The monoisotopic (exact) mass is 384 g/mol. The molecule has 120 valence electrons. The average molecular weight is 385 g/mol. The molecule has 0 unspecified atom stereocenters. The number of hydrogen-bond donors (Lipinski definition) is 0. The van der Waals surface area contributed by atoms with Gasteiger partial charge in [-0.15, -0.1) is 0 Å². The summed E-state index contributed by atoms with van der Waals surface area (Å²) in [4.78, 5) is 0. The van der Waals surface area contributed by atoms with Crippen molar-refractivity contribution in [2.75, 3.05) is 0 Å². The van der Waals surface area contributed by atoms with E-state index in [1.165, 1.54) is 0 Å². The number of alkyl halides is 3. The van der Waals surface area contributed by atoms with Gasteiger partial charge in [0.1, 0.15) is 5.82 Å². The van der Waals surface area contributed by atoms with Crippen LogP contribution in [0.3, 0.4) is 0 Å². The molecule has 0 spiro atoms. The van der Waals surface area contributed by atoms with Crippen LogP contribution in [-0.2, 0) is 6.42 Å². The summed E-state index contributed by atoms with van der Waals surface area (Å²) in [7, 11) is 0. The molecule has 2 aromatic carbocycles. The van der Waals surface area contributed by atoms with Crippen molar-refractivity contribution in [3.63, 3.8) is 0 Å². The van der Waals surface area contributed by atoms with Gasteiger partial charge in [0.05, 0.1) is 10.8 Å².